The van der Waals surface area contributed by atoms with Crippen molar-refractivity contribution in [2.24, 2.45) is 0 Å². The monoisotopic (exact) mass is 205 g/mol. The summed E-state index contributed by atoms with van der Waals surface area (Å²) in [5.41, 5.74) is 0. The quantitative estimate of drug-likeness (QED) is 0.741. The Morgan fingerprint density at radius 1 is 1.42 bits per heavy atom. The molecule has 0 aliphatic carbocycles. The summed E-state index contributed by atoms with van der Waals surface area (Å²) in [4.78, 5) is 0. The second kappa shape index (κ2) is 4.89. The molecule has 1 rings (SSSR count). The normalized spacial score (nSPS) is 23.8. The van der Waals surface area contributed by atoms with Gasteiger partial charge in [-0.15, -0.1) is 25.6 Å². The van der Waals surface area contributed by atoms with Gasteiger partial charge in [0.2, 0.25) is 0 Å². The minimum absolute atomic E-state index is 0. The SMILES string of the molecule is Cl.FC(F)(F)OC[C@@H]1CCCN1. The highest BCUT2D eigenvalue weighted by Crippen LogP contribution is 2.17. The largest absolute Gasteiger partial charge is 0.522 e. The molecule has 1 fully saturated rings. The third-order valence-corrected chi connectivity index (χ3v) is 1.61. The summed E-state index contributed by atoms with van der Waals surface area (Å²) in [5.74, 6) is 0. The van der Waals surface area contributed by atoms with E-state index in [-0.39, 0.29) is 25.1 Å². The molecule has 0 saturated carbocycles. The third-order valence-electron chi connectivity index (χ3n) is 1.61. The molecule has 1 atom stereocenters. The van der Waals surface area contributed by atoms with Gasteiger partial charge in [0.05, 0.1) is 6.61 Å². The van der Waals surface area contributed by atoms with Crippen molar-refractivity contribution in [3.8, 4) is 0 Å². The standard InChI is InChI=1S/C6H10F3NO.ClH/c7-6(8,9)11-4-5-2-1-3-10-5;/h5,10H,1-4H2;1H/t5-;/m0./s1. The average Bonchev–Trinajstić information content (AvgIpc) is 2.32. The Morgan fingerprint density at radius 2 is 2.08 bits per heavy atom. The Hall–Kier alpha value is -0.0000000000000000416. The zero-order valence-electron chi connectivity index (χ0n) is 6.36. The van der Waals surface area contributed by atoms with E-state index < -0.39 is 6.36 Å². The number of hydrogen-bond donors (Lipinski definition) is 1. The maximum absolute atomic E-state index is 11.5. The lowest BCUT2D eigenvalue weighted by molar-refractivity contribution is -0.326. The molecule has 0 bridgehead atoms. The second-order valence-corrected chi connectivity index (χ2v) is 2.55. The second-order valence-electron chi connectivity index (χ2n) is 2.55. The van der Waals surface area contributed by atoms with E-state index in [0.29, 0.717) is 0 Å². The van der Waals surface area contributed by atoms with Gasteiger partial charge in [-0.25, -0.2) is 0 Å². The van der Waals surface area contributed by atoms with Crippen molar-refractivity contribution in [2.45, 2.75) is 25.2 Å². The number of halogens is 4. The van der Waals surface area contributed by atoms with E-state index in [4.69, 9.17) is 0 Å². The molecule has 1 N–H and O–H groups in total. The van der Waals surface area contributed by atoms with Crippen LogP contribution in [0.2, 0.25) is 0 Å². The zero-order valence-corrected chi connectivity index (χ0v) is 7.17. The van der Waals surface area contributed by atoms with Crippen LogP contribution >= 0.6 is 12.4 Å². The van der Waals surface area contributed by atoms with Gasteiger partial charge in [0.15, 0.2) is 0 Å². The first kappa shape index (κ1) is 12.0. The van der Waals surface area contributed by atoms with Crippen LogP contribution in [0.4, 0.5) is 13.2 Å². The number of alkyl halides is 3. The van der Waals surface area contributed by atoms with Crippen LogP contribution in [0.5, 0.6) is 0 Å². The van der Waals surface area contributed by atoms with Crippen LogP contribution in [0.15, 0.2) is 0 Å². The fourth-order valence-corrected chi connectivity index (χ4v) is 1.09. The Balaban J connectivity index is 0.00000121. The van der Waals surface area contributed by atoms with Crippen molar-refractivity contribution < 1.29 is 17.9 Å². The Labute approximate surface area is 74.9 Å². The van der Waals surface area contributed by atoms with E-state index in [1.165, 1.54) is 0 Å². The fraction of sp³-hybridized carbons (Fsp3) is 1.00. The lowest BCUT2D eigenvalue weighted by Gasteiger charge is -2.11. The molecular formula is C6H11ClF3NO. The maximum atomic E-state index is 11.5. The van der Waals surface area contributed by atoms with Crippen molar-refractivity contribution in [3.63, 3.8) is 0 Å². The van der Waals surface area contributed by atoms with Crippen molar-refractivity contribution in [1.82, 2.24) is 5.32 Å². The van der Waals surface area contributed by atoms with Crippen LogP contribution in [0.25, 0.3) is 0 Å². The molecule has 1 heterocycles. The van der Waals surface area contributed by atoms with E-state index in [2.05, 4.69) is 10.1 Å². The molecule has 0 aromatic carbocycles. The summed E-state index contributed by atoms with van der Waals surface area (Å²) >= 11 is 0. The van der Waals surface area contributed by atoms with Gasteiger partial charge >= 0.3 is 6.36 Å². The summed E-state index contributed by atoms with van der Waals surface area (Å²) in [7, 11) is 0. The molecule has 0 amide bonds. The van der Waals surface area contributed by atoms with Gasteiger partial charge in [-0.05, 0) is 19.4 Å². The number of nitrogens with one attached hydrogen (secondary N) is 1. The highest BCUT2D eigenvalue weighted by atomic mass is 35.5. The molecular weight excluding hydrogens is 195 g/mol. The van der Waals surface area contributed by atoms with E-state index in [1.54, 1.807) is 0 Å². The first-order valence-corrected chi connectivity index (χ1v) is 3.52. The molecule has 0 aromatic heterocycles. The first-order valence-electron chi connectivity index (χ1n) is 3.52. The van der Waals surface area contributed by atoms with Gasteiger partial charge in [-0.1, -0.05) is 0 Å². The summed E-state index contributed by atoms with van der Waals surface area (Å²) in [6, 6.07) is -0.114. The number of hydrogen-bond acceptors (Lipinski definition) is 2. The minimum Gasteiger partial charge on any atom is -0.312 e. The molecule has 0 unspecified atom stereocenters. The van der Waals surface area contributed by atoms with Crippen LogP contribution in [-0.4, -0.2) is 25.6 Å². The van der Waals surface area contributed by atoms with Crippen LogP contribution in [0.3, 0.4) is 0 Å². The maximum Gasteiger partial charge on any atom is 0.522 e. The van der Waals surface area contributed by atoms with E-state index in [1.807, 2.05) is 0 Å². The van der Waals surface area contributed by atoms with Gasteiger partial charge in [0.1, 0.15) is 0 Å². The molecule has 1 aliphatic rings. The van der Waals surface area contributed by atoms with Gasteiger partial charge in [-0.2, -0.15) is 0 Å². The molecule has 0 spiro atoms. The first-order chi connectivity index (χ1) is 5.08. The van der Waals surface area contributed by atoms with Crippen molar-refractivity contribution in [3.05, 3.63) is 0 Å². The summed E-state index contributed by atoms with van der Waals surface area (Å²) in [6.07, 6.45) is -2.77. The number of ether oxygens (including phenoxy) is 1. The molecule has 0 aromatic rings. The predicted molar refractivity (Wildman–Crippen MR) is 40.3 cm³/mol. The molecule has 1 saturated heterocycles. The van der Waals surface area contributed by atoms with E-state index >= 15 is 0 Å². The highest BCUT2D eigenvalue weighted by Gasteiger charge is 2.30. The molecule has 6 heteroatoms. The van der Waals surface area contributed by atoms with Gasteiger partial charge in [0.25, 0.3) is 0 Å². The molecule has 0 radical (unpaired) electrons. The third kappa shape index (κ3) is 4.79. The van der Waals surface area contributed by atoms with Gasteiger partial charge < -0.3 is 5.32 Å². The lowest BCUT2D eigenvalue weighted by Crippen LogP contribution is -2.30. The Morgan fingerprint density at radius 3 is 2.50 bits per heavy atom. The predicted octanol–water partition coefficient (Wildman–Crippen LogP) is 1.70. The Kier molecular flexibility index (Phi) is 4.89. The topological polar surface area (TPSA) is 21.3 Å². The van der Waals surface area contributed by atoms with E-state index in [9.17, 15) is 13.2 Å². The van der Waals surface area contributed by atoms with Crippen molar-refractivity contribution in [1.29, 1.82) is 0 Å². The van der Waals surface area contributed by atoms with Crippen LogP contribution < -0.4 is 5.32 Å². The fourth-order valence-electron chi connectivity index (χ4n) is 1.09. The van der Waals surface area contributed by atoms with Crippen molar-refractivity contribution in [2.75, 3.05) is 13.2 Å². The van der Waals surface area contributed by atoms with Gasteiger partial charge in [-0.3, -0.25) is 4.74 Å². The van der Waals surface area contributed by atoms with Crippen LogP contribution in [0, 0.1) is 0 Å². The summed E-state index contributed by atoms with van der Waals surface area (Å²) in [5, 5.41) is 2.90. The Bertz CT molecular complexity index is 124. The smallest absolute Gasteiger partial charge is 0.312 e. The zero-order chi connectivity index (χ0) is 8.32. The molecule has 2 nitrogen and oxygen atoms in total. The molecule has 1 aliphatic heterocycles. The minimum atomic E-state index is -4.48. The molecule has 12 heavy (non-hydrogen) atoms. The summed E-state index contributed by atoms with van der Waals surface area (Å²) in [6.45, 7) is 0.537. The number of rotatable bonds is 2. The van der Waals surface area contributed by atoms with Crippen LogP contribution in [-0.2, 0) is 4.74 Å². The van der Waals surface area contributed by atoms with E-state index in [0.717, 1.165) is 19.4 Å². The van der Waals surface area contributed by atoms with Gasteiger partial charge in [0, 0.05) is 6.04 Å². The highest BCUT2D eigenvalue weighted by molar-refractivity contribution is 5.85. The summed E-state index contributed by atoms with van der Waals surface area (Å²) < 4.78 is 38.0. The average molecular weight is 206 g/mol. The van der Waals surface area contributed by atoms with Crippen LogP contribution in [0.1, 0.15) is 12.8 Å². The van der Waals surface area contributed by atoms with Crippen molar-refractivity contribution >= 4 is 12.4 Å². The lowest BCUT2D eigenvalue weighted by atomic mass is 10.2. The molecule has 74 valence electrons.